The quantitative estimate of drug-likeness (QED) is 0.255. The van der Waals surface area contributed by atoms with Crippen LogP contribution in [0.3, 0.4) is 0 Å². The maximum Gasteiger partial charge on any atom is 0.328 e. The molecule has 10 nitrogen and oxygen atoms in total. The Labute approximate surface area is 215 Å². The summed E-state index contributed by atoms with van der Waals surface area (Å²) in [6.45, 7) is 5.48. The zero-order valence-electron chi connectivity index (χ0n) is 21.2. The third-order valence-corrected chi connectivity index (χ3v) is 5.97. The van der Waals surface area contributed by atoms with Gasteiger partial charge in [-0.15, -0.1) is 0 Å². The van der Waals surface area contributed by atoms with Gasteiger partial charge in [-0.25, -0.2) is 4.79 Å². The average molecular weight is 508 g/mol. The van der Waals surface area contributed by atoms with Crippen molar-refractivity contribution in [1.29, 1.82) is 5.41 Å². The molecule has 0 aliphatic heterocycles. The summed E-state index contributed by atoms with van der Waals surface area (Å²) in [6.07, 6.45) is 10.0. The van der Waals surface area contributed by atoms with E-state index in [2.05, 4.69) is 33.6 Å². The first-order valence-electron chi connectivity index (χ1n) is 12.3. The summed E-state index contributed by atoms with van der Waals surface area (Å²) in [5, 5.41) is 12.5. The minimum Gasteiger partial charge on any atom is -0.461 e. The van der Waals surface area contributed by atoms with Gasteiger partial charge >= 0.3 is 5.97 Å². The number of fused-ring (bicyclic) bond motifs is 1. The molecule has 0 saturated carbocycles. The van der Waals surface area contributed by atoms with Gasteiger partial charge in [0.15, 0.2) is 5.78 Å². The Hall–Kier alpha value is -4.08. The van der Waals surface area contributed by atoms with Gasteiger partial charge in [-0.1, -0.05) is 19.1 Å². The number of aromatic amines is 1. The monoisotopic (exact) mass is 507 g/mol. The van der Waals surface area contributed by atoms with E-state index in [0.717, 1.165) is 23.2 Å². The summed E-state index contributed by atoms with van der Waals surface area (Å²) in [4.78, 5) is 58.0. The molecule has 10 heteroatoms. The molecule has 0 aromatic carbocycles. The fourth-order valence-corrected chi connectivity index (χ4v) is 4.08. The highest BCUT2D eigenvalue weighted by Crippen LogP contribution is 2.26. The predicted molar refractivity (Wildman–Crippen MR) is 138 cm³/mol. The SMILES string of the molecule is CC1C=Cc2c(C[C@H](NC(=O)c3cccnc3)C(=O)N[C@@H](CCC(=O)C=N)C(=O)OC(C)C)c[nH]c2C1. The number of carbonyl (C=O) groups excluding carboxylic acids is 4. The Morgan fingerprint density at radius 1 is 1.24 bits per heavy atom. The molecule has 0 fully saturated rings. The third-order valence-electron chi connectivity index (χ3n) is 5.97. The number of ether oxygens (including phenoxy) is 1. The van der Waals surface area contributed by atoms with Gasteiger partial charge in [0.25, 0.3) is 5.91 Å². The number of aromatic nitrogens is 2. The van der Waals surface area contributed by atoms with Gasteiger partial charge in [0.05, 0.1) is 17.9 Å². The molecule has 2 amide bonds. The van der Waals surface area contributed by atoms with Crippen molar-refractivity contribution >= 4 is 35.9 Å². The van der Waals surface area contributed by atoms with Gasteiger partial charge in [0.2, 0.25) is 5.91 Å². The van der Waals surface area contributed by atoms with Gasteiger partial charge in [-0.2, -0.15) is 0 Å². The number of nitrogens with zero attached hydrogens (tertiary/aromatic N) is 1. The lowest BCUT2D eigenvalue weighted by molar-refractivity contribution is -0.151. The van der Waals surface area contributed by atoms with Gasteiger partial charge in [-0.3, -0.25) is 19.4 Å². The van der Waals surface area contributed by atoms with E-state index in [9.17, 15) is 19.2 Å². The molecule has 4 N–H and O–H groups in total. The first kappa shape index (κ1) is 27.5. The highest BCUT2D eigenvalue weighted by atomic mass is 16.5. The summed E-state index contributed by atoms with van der Waals surface area (Å²) >= 11 is 0. The molecule has 3 atom stereocenters. The number of Topliss-reactive ketones (excluding diaryl/α,β-unsaturated/α-hetero) is 1. The Morgan fingerprint density at radius 3 is 2.70 bits per heavy atom. The summed E-state index contributed by atoms with van der Waals surface area (Å²) in [6, 6.07) is 1.08. The van der Waals surface area contributed by atoms with Crippen molar-refractivity contribution in [3.05, 3.63) is 59.2 Å². The van der Waals surface area contributed by atoms with E-state index in [-0.39, 0.29) is 24.8 Å². The first-order valence-corrected chi connectivity index (χ1v) is 12.3. The number of pyridine rings is 1. The molecule has 1 aliphatic carbocycles. The van der Waals surface area contributed by atoms with Crippen molar-refractivity contribution in [3.63, 3.8) is 0 Å². The fourth-order valence-electron chi connectivity index (χ4n) is 4.08. The van der Waals surface area contributed by atoms with Crippen LogP contribution in [-0.4, -0.2) is 57.9 Å². The van der Waals surface area contributed by atoms with E-state index in [1.807, 2.05) is 12.3 Å². The third kappa shape index (κ3) is 7.70. The van der Waals surface area contributed by atoms with E-state index >= 15 is 0 Å². The number of hydrogen-bond acceptors (Lipinski definition) is 7. The molecule has 196 valence electrons. The maximum absolute atomic E-state index is 13.5. The Kier molecular flexibility index (Phi) is 9.48. The second kappa shape index (κ2) is 12.8. The molecule has 1 unspecified atom stereocenters. The van der Waals surface area contributed by atoms with E-state index in [4.69, 9.17) is 10.1 Å². The molecule has 1 aliphatic rings. The normalized spacial score (nSPS) is 15.8. The van der Waals surface area contributed by atoms with Crippen molar-refractivity contribution in [3.8, 4) is 0 Å². The summed E-state index contributed by atoms with van der Waals surface area (Å²) < 4.78 is 5.27. The fraction of sp³-hybridized carbons (Fsp3) is 0.407. The molecule has 3 rings (SSSR count). The molecule has 0 spiro atoms. The van der Waals surface area contributed by atoms with E-state index < -0.39 is 41.8 Å². The molecule has 0 saturated heterocycles. The Balaban J connectivity index is 1.84. The lowest BCUT2D eigenvalue weighted by Crippen LogP contribution is -2.53. The van der Waals surface area contributed by atoms with Gasteiger partial charge in [0.1, 0.15) is 12.1 Å². The van der Waals surface area contributed by atoms with Crippen LogP contribution in [0.15, 0.2) is 36.8 Å². The van der Waals surface area contributed by atoms with Crippen LogP contribution in [-0.2, 0) is 32.0 Å². The molecule has 0 bridgehead atoms. The van der Waals surface area contributed by atoms with Crippen molar-refractivity contribution < 1.29 is 23.9 Å². The summed E-state index contributed by atoms with van der Waals surface area (Å²) in [5.74, 6) is -1.84. The van der Waals surface area contributed by atoms with Crippen LogP contribution in [0.1, 0.15) is 60.8 Å². The largest absolute Gasteiger partial charge is 0.461 e. The van der Waals surface area contributed by atoms with Crippen LogP contribution in [0.5, 0.6) is 0 Å². The van der Waals surface area contributed by atoms with Crippen molar-refractivity contribution in [2.75, 3.05) is 0 Å². The van der Waals surface area contributed by atoms with Crippen LogP contribution in [0.4, 0.5) is 0 Å². The summed E-state index contributed by atoms with van der Waals surface area (Å²) in [7, 11) is 0. The molecule has 37 heavy (non-hydrogen) atoms. The minimum atomic E-state index is -1.11. The molecular weight excluding hydrogens is 474 g/mol. The van der Waals surface area contributed by atoms with Crippen molar-refractivity contribution in [2.45, 2.75) is 64.6 Å². The van der Waals surface area contributed by atoms with Crippen LogP contribution in [0.2, 0.25) is 0 Å². The number of rotatable bonds is 12. The van der Waals surface area contributed by atoms with Gasteiger partial charge < -0.3 is 25.8 Å². The molecule has 2 aromatic rings. The maximum atomic E-state index is 13.5. The zero-order valence-corrected chi connectivity index (χ0v) is 21.2. The number of ketones is 1. The number of carbonyl (C=O) groups is 4. The van der Waals surface area contributed by atoms with E-state index in [1.54, 1.807) is 32.2 Å². The zero-order chi connectivity index (χ0) is 26.9. The molecule has 2 aromatic heterocycles. The topological polar surface area (TPSA) is 154 Å². The van der Waals surface area contributed by atoms with Crippen LogP contribution < -0.4 is 10.6 Å². The Bertz CT molecular complexity index is 1170. The van der Waals surface area contributed by atoms with Crippen molar-refractivity contribution in [2.24, 2.45) is 5.92 Å². The average Bonchev–Trinajstić information content (AvgIpc) is 3.27. The highest BCUT2D eigenvalue weighted by molar-refractivity contribution is 6.26. The first-order chi connectivity index (χ1) is 17.7. The molecular formula is C27H33N5O5. The number of hydrogen-bond donors (Lipinski definition) is 4. The lowest BCUT2D eigenvalue weighted by Gasteiger charge is -2.23. The number of H-pyrrole nitrogens is 1. The van der Waals surface area contributed by atoms with Crippen LogP contribution in [0.25, 0.3) is 6.08 Å². The van der Waals surface area contributed by atoms with Gasteiger partial charge in [0, 0.05) is 37.1 Å². The second-order valence-corrected chi connectivity index (χ2v) is 9.41. The van der Waals surface area contributed by atoms with E-state index in [1.165, 1.54) is 6.20 Å². The summed E-state index contributed by atoms with van der Waals surface area (Å²) in [5.41, 5.74) is 3.19. The van der Waals surface area contributed by atoms with Crippen LogP contribution in [0, 0.1) is 11.3 Å². The highest BCUT2D eigenvalue weighted by Gasteiger charge is 2.30. The second-order valence-electron chi connectivity index (χ2n) is 9.41. The minimum absolute atomic E-state index is 0.0328. The van der Waals surface area contributed by atoms with Gasteiger partial charge in [-0.05, 0) is 55.9 Å². The number of amides is 2. The smallest absolute Gasteiger partial charge is 0.328 e. The number of nitrogens with one attached hydrogen (secondary N) is 4. The van der Waals surface area contributed by atoms with Crippen LogP contribution >= 0.6 is 0 Å². The predicted octanol–water partition coefficient (Wildman–Crippen LogP) is 2.39. The number of allylic oxidation sites excluding steroid dienone is 1. The standard InChI is InChI=1S/C27H33N5O5/c1-16(2)37-27(36)22(9-7-20(33)13-28)31-26(35)24(32-25(34)18-5-4-10-29-14-18)12-19-15-30-23-11-17(3)6-8-21(19)23/h4-6,8,10,13-17,22,24,28,30H,7,9,11-12H2,1-3H3,(H,31,35)(H,32,34)/t17?,22-,24-/m0/s1. The molecule has 0 radical (unpaired) electrons. The Morgan fingerprint density at radius 2 is 2.03 bits per heavy atom. The van der Waals surface area contributed by atoms with E-state index in [0.29, 0.717) is 12.1 Å². The molecule has 2 heterocycles. The lowest BCUT2D eigenvalue weighted by atomic mass is 9.92. The van der Waals surface area contributed by atoms with Crippen molar-refractivity contribution in [1.82, 2.24) is 20.6 Å². The number of esters is 1.